The molecule has 1 atom stereocenters. The minimum absolute atomic E-state index is 0.0980. The lowest BCUT2D eigenvalue weighted by Gasteiger charge is -2.41. The van der Waals surface area contributed by atoms with Crippen molar-refractivity contribution in [2.75, 3.05) is 45.5 Å². The summed E-state index contributed by atoms with van der Waals surface area (Å²) in [6, 6.07) is 7.18. The Morgan fingerprint density at radius 1 is 1.16 bits per heavy atom. The minimum Gasteiger partial charge on any atom is -0.464 e. The molecule has 1 aliphatic heterocycles. The van der Waals surface area contributed by atoms with Crippen molar-refractivity contribution < 1.29 is 28.2 Å². The fourth-order valence-electron chi connectivity index (χ4n) is 5.16. The second-order valence-corrected chi connectivity index (χ2v) is 11.5. The number of nitrogens with zero attached hydrogens (tertiary/aromatic N) is 6. The molecule has 3 heterocycles. The molecule has 0 saturated carbocycles. The number of piperazine rings is 1. The number of anilines is 1. The van der Waals surface area contributed by atoms with Crippen molar-refractivity contribution >= 4 is 39.5 Å². The van der Waals surface area contributed by atoms with Gasteiger partial charge in [-0.2, -0.15) is 5.10 Å². The van der Waals surface area contributed by atoms with E-state index in [0.29, 0.717) is 35.9 Å². The molecule has 2 amide bonds. The SMILES string of the molecule is CNC(=O)c1nc(-c2cc3cn(C)nc3c(F)c2OCOC)nc2ccc(N3CCN(C(=O)OC(C)(C)C)[C@@H](C)C3)cc12. The Hall–Kier alpha value is -4.52. The Morgan fingerprint density at radius 3 is 2.60 bits per heavy atom. The number of hydrogen-bond acceptors (Lipinski definition) is 9. The van der Waals surface area contributed by atoms with Crippen LogP contribution in [0.1, 0.15) is 38.2 Å². The minimum atomic E-state index is -0.676. The Bertz CT molecular complexity index is 1700. The average molecular weight is 594 g/mol. The van der Waals surface area contributed by atoms with E-state index in [-0.39, 0.29) is 47.3 Å². The number of rotatable bonds is 6. The first kappa shape index (κ1) is 30.0. The Balaban J connectivity index is 1.54. The first-order valence-corrected chi connectivity index (χ1v) is 14.0. The number of hydrogen-bond donors (Lipinski definition) is 1. The van der Waals surface area contributed by atoms with Crippen LogP contribution in [0.15, 0.2) is 30.5 Å². The van der Waals surface area contributed by atoms with Crippen LogP contribution in [0.4, 0.5) is 14.9 Å². The van der Waals surface area contributed by atoms with E-state index < -0.39 is 17.3 Å². The molecule has 1 fully saturated rings. The van der Waals surface area contributed by atoms with Gasteiger partial charge in [0, 0.05) is 69.5 Å². The number of carbonyl (C=O) groups is 2. The summed E-state index contributed by atoms with van der Waals surface area (Å²) < 4.78 is 33.3. The van der Waals surface area contributed by atoms with Gasteiger partial charge in [-0.25, -0.2) is 19.2 Å². The lowest BCUT2D eigenvalue weighted by molar-refractivity contribution is 0.0159. The summed E-state index contributed by atoms with van der Waals surface area (Å²) in [6.45, 7) is 8.94. The monoisotopic (exact) mass is 593 g/mol. The van der Waals surface area contributed by atoms with Crippen LogP contribution in [0.5, 0.6) is 5.75 Å². The first-order chi connectivity index (χ1) is 20.4. The molecule has 1 saturated heterocycles. The third kappa shape index (κ3) is 6.03. The maximum absolute atomic E-state index is 15.6. The number of ether oxygens (including phenoxy) is 3. The Kier molecular flexibility index (Phi) is 8.10. The van der Waals surface area contributed by atoms with Gasteiger partial charge in [-0.1, -0.05) is 0 Å². The molecule has 5 rings (SSSR count). The number of amides is 2. The number of benzene rings is 2. The summed E-state index contributed by atoms with van der Waals surface area (Å²) in [4.78, 5) is 39.0. The van der Waals surface area contributed by atoms with Gasteiger partial charge >= 0.3 is 6.09 Å². The molecule has 43 heavy (non-hydrogen) atoms. The van der Waals surface area contributed by atoms with E-state index in [1.165, 1.54) is 18.8 Å². The molecule has 0 radical (unpaired) electrons. The largest absolute Gasteiger partial charge is 0.464 e. The van der Waals surface area contributed by atoms with Gasteiger partial charge in [0.1, 0.15) is 16.8 Å². The molecular weight excluding hydrogens is 557 g/mol. The molecule has 12 nitrogen and oxygen atoms in total. The van der Waals surface area contributed by atoms with Crippen LogP contribution in [-0.2, 0) is 16.5 Å². The Morgan fingerprint density at radius 2 is 1.93 bits per heavy atom. The van der Waals surface area contributed by atoms with E-state index in [0.717, 1.165) is 5.69 Å². The van der Waals surface area contributed by atoms with Crippen molar-refractivity contribution in [2.24, 2.45) is 7.05 Å². The van der Waals surface area contributed by atoms with Crippen LogP contribution in [0.25, 0.3) is 33.2 Å². The highest BCUT2D eigenvalue weighted by Crippen LogP contribution is 2.37. The van der Waals surface area contributed by atoms with Gasteiger partial charge in [-0.3, -0.25) is 9.48 Å². The molecule has 0 bridgehead atoms. The van der Waals surface area contributed by atoms with Gasteiger partial charge in [0.15, 0.2) is 24.2 Å². The quantitative estimate of drug-likeness (QED) is 0.329. The van der Waals surface area contributed by atoms with Crippen LogP contribution in [0.2, 0.25) is 0 Å². The van der Waals surface area contributed by atoms with Crippen LogP contribution >= 0.6 is 0 Å². The number of halogens is 1. The fourth-order valence-corrected chi connectivity index (χ4v) is 5.16. The summed E-state index contributed by atoms with van der Waals surface area (Å²) >= 11 is 0. The molecule has 0 unspecified atom stereocenters. The van der Waals surface area contributed by atoms with Gasteiger partial charge in [0.2, 0.25) is 0 Å². The smallest absolute Gasteiger partial charge is 0.410 e. The Labute approximate surface area is 248 Å². The standard InChI is InChI=1S/C30H36FN7O5/c1-17-14-37(10-11-38(17)29(40)43-30(2,3)4)19-8-9-22-20(13-19)25(28(39)32-5)34-27(33-22)21-12-18-15-36(6)35-24(18)23(31)26(21)42-16-41-7/h8-9,12-13,15,17H,10-11,14,16H2,1-7H3,(H,32,39)/t17-/m0/s1. The maximum atomic E-state index is 15.6. The summed E-state index contributed by atoms with van der Waals surface area (Å²) in [5.74, 6) is -1.10. The second-order valence-electron chi connectivity index (χ2n) is 11.5. The number of aromatic nitrogens is 4. The van der Waals surface area contributed by atoms with Gasteiger partial charge < -0.3 is 29.3 Å². The molecule has 2 aromatic carbocycles. The zero-order chi connectivity index (χ0) is 31.1. The van der Waals surface area contributed by atoms with E-state index in [4.69, 9.17) is 19.2 Å². The molecule has 0 spiro atoms. The highest BCUT2D eigenvalue weighted by atomic mass is 19.1. The highest BCUT2D eigenvalue weighted by Gasteiger charge is 2.31. The summed E-state index contributed by atoms with van der Waals surface area (Å²) in [6.07, 6.45) is 1.34. The van der Waals surface area contributed by atoms with Crippen molar-refractivity contribution in [1.29, 1.82) is 0 Å². The third-order valence-corrected chi connectivity index (χ3v) is 7.11. The predicted octanol–water partition coefficient (Wildman–Crippen LogP) is 4.11. The number of fused-ring (bicyclic) bond motifs is 2. The molecule has 13 heteroatoms. The van der Waals surface area contributed by atoms with E-state index >= 15 is 4.39 Å². The second kappa shape index (κ2) is 11.6. The van der Waals surface area contributed by atoms with Crippen LogP contribution < -0.4 is 15.0 Å². The predicted molar refractivity (Wildman–Crippen MR) is 160 cm³/mol. The molecular formula is C30H36FN7O5. The van der Waals surface area contributed by atoms with E-state index in [1.54, 1.807) is 24.2 Å². The van der Waals surface area contributed by atoms with Gasteiger partial charge in [-0.15, -0.1) is 0 Å². The van der Waals surface area contributed by atoms with Gasteiger partial charge in [0.25, 0.3) is 5.91 Å². The van der Waals surface area contributed by atoms with E-state index in [1.807, 2.05) is 45.9 Å². The van der Waals surface area contributed by atoms with Crippen LogP contribution in [-0.4, -0.2) is 88.9 Å². The molecule has 4 aromatic rings. The molecule has 228 valence electrons. The van der Waals surface area contributed by atoms with E-state index in [9.17, 15) is 9.59 Å². The van der Waals surface area contributed by atoms with Crippen molar-refractivity contribution in [3.05, 3.63) is 42.0 Å². The first-order valence-electron chi connectivity index (χ1n) is 14.0. The number of carbonyl (C=O) groups excluding carboxylic acids is 2. The molecule has 1 aliphatic rings. The van der Waals surface area contributed by atoms with Gasteiger partial charge in [-0.05, 0) is 52.0 Å². The third-order valence-electron chi connectivity index (χ3n) is 7.11. The zero-order valence-electron chi connectivity index (χ0n) is 25.4. The molecule has 0 aliphatic carbocycles. The summed E-state index contributed by atoms with van der Waals surface area (Å²) in [5, 5.41) is 7.91. The van der Waals surface area contributed by atoms with Crippen molar-refractivity contribution in [3.63, 3.8) is 0 Å². The average Bonchev–Trinajstić information content (AvgIpc) is 3.34. The van der Waals surface area contributed by atoms with Crippen molar-refractivity contribution in [3.8, 4) is 17.1 Å². The number of nitrogens with one attached hydrogen (secondary N) is 1. The lowest BCUT2D eigenvalue weighted by Crippen LogP contribution is -2.55. The topological polar surface area (TPSA) is 124 Å². The van der Waals surface area contributed by atoms with Crippen molar-refractivity contribution in [2.45, 2.75) is 39.3 Å². The van der Waals surface area contributed by atoms with Crippen LogP contribution in [0, 0.1) is 5.82 Å². The lowest BCUT2D eigenvalue weighted by atomic mass is 10.1. The maximum Gasteiger partial charge on any atom is 0.410 e. The number of methoxy groups -OCH3 is 1. The normalized spacial score (nSPS) is 15.7. The van der Waals surface area contributed by atoms with Gasteiger partial charge in [0.05, 0.1) is 11.1 Å². The molecule has 2 aromatic heterocycles. The van der Waals surface area contributed by atoms with Crippen molar-refractivity contribution in [1.82, 2.24) is 30.0 Å². The number of aryl methyl sites for hydroxylation is 1. The van der Waals surface area contributed by atoms with Crippen LogP contribution in [0.3, 0.4) is 0 Å². The highest BCUT2D eigenvalue weighted by molar-refractivity contribution is 6.06. The zero-order valence-corrected chi connectivity index (χ0v) is 25.4. The molecule has 1 N–H and O–H groups in total. The van der Waals surface area contributed by atoms with E-state index in [2.05, 4.69) is 20.3 Å². The summed E-state index contributed by atoms with van der Waals surface area (Å²) in [7, 11) is 4.65. The fraction of sp³-hybridized carbons (Fsp3) is 0.433. The summed E-state index contributed by atoms with van der Waals surface area (Å²) in [5.41, 5.74) is 1.31.